The number of carbonyl (C=O) groups is 1. The van der Waals surface area contributed by atoms with E-state index in [9.17, 15) is 13.2 Å². The van der Waals surface area contributed by atoms with Gasteiger partial charge in [0.2, 0.25) is 5.91 Å². The highest BCUT2D eigenvalue weighted by Crippen LogP contribution is 2.33. The molecule has 128 valence electrons. The SMILES string of the molecule is Cl.NS(=O)(=O)N1CCN(C(=O)CC2CC3CCC(C2)N3)CC1. The molecule has 0 aromatic rings. The zero-order chi connectivity index (χ0) is 15.0. The second-order valence-corrected chi connectivity index (χ2v) is 8.05. The summed E-state index contributed by atoms with van der Waals surface area (Å²) in [6.45, 7) is 1.52. The van der Waals surface area contributed by atoms with Crippen molar-refractivity contribution >= 4 is 28.5 Å². The van der Waals surface area contributed by atoms with Crippen LogP contribution in [0, 0.1) is 5.92 Å². The number of piperidine rings is 1. The summed E-state index contributed by atoms with van der Waals surface area (Å²) >= 11 is 0. The first kappa shape index (κ1) is 17.9. The lowest BCUT2D eigenvalue weighted by Crippen LogP contribution is -2.52. The first-order valence-electron chi connectivity index (χ1n) is 7.73. The van der Waals surface area contributed by atoms with Gasteiger partial charge in [-0.2, -0.15) is 12.7 Å². The third kappa shape index (κ3) is 4.11. The van der Waals surface area contributed by atoms with Crippen LogP contribution in [0.15, 0.2) is 0 Å². The molecular formula is C13H25ClN4O3S. The number of hydrogen-bond acceptors (Lipinski definition) is 4. The highest BCUT2D eigenvalue weighted by Gasteiger charge is 2.35. The van der Waals surface area contributed by atoms with Crippen molar-refractivity contribution < 1.29 is 13.2 Å². The van der Waals surface area contributed by atoms with E-state index in [1.54, 1.807) is 4.90 Å². The summed E-state index contributed by atoms with van der Waals surface area (Å²) in [7, 11) is -3.62. The number of piperazine rings is 1. The molecule has 0 aromatic carbocycles. The quantitative estimate of drug-likeness (QED) is 0.727. The number of hydrogen-bond donors (Lipinski definition) is 2. The van der Waals surface area contributed by atoms with Gasteiger partial charge < -0.3 is 10.2 Å². The van der Waals surface area contributed by atoms with Crippen molar-refractivity contribution in [2.24, 2.45) is 11.1 Å². The highest BCUT2D eigenvalue weighted by molar-refractivity contribution is 7.86. The standard InChI is InChI=1S/C13H24N4O3S.ClH/c14-21(19,20)17-5-3-16(4-6-17)13(18)9-10-7-11-1-2-12(8-10)15-11;/h10-12,15H,1-9H2,(H2,14,19,20);1H. The maximum absolute atomic E-state index is 12.4. The Labute approximate surface area is 138 Å². The first-order valence-corrected chi connectivity index (χ1v) is 9.24. The van der Waals surface area contributed by atoms with E-state index in [0.717, 1.165) is 12.8 Å². The van der Waals surface area contributed by atoms with Crippen molar-refractivity contribution in [3.63, 3.8) is 0 Å². The topological polar surface area (TPSA) is 95.7 Å². The van der Waals surface area contributed by atoms with E-state index < -0.39 is 10.2 Å². The van der Waals surface area contributed by atoms with E-state index in [1.807, 2.05) is 0 Å². The van der Waals surface area contributed by atoms with Crippen molar-refractivity contribution in [1.29, 1.82) is 0 Å². The van der Waals surface area contributed by atoms with Crippen LogP contribution in [0.4, 0.5) is 0 Å². The molecule has 0 radical (unpaired) electrons. The number of halogens is 1. The minimum absolute atomic E-state index is 0. The summed E-state index contributed by atoms with van der Waals surface area (Å²) in [5.41, 5.74) is 0. The van der Waals surface area contributed by atoms with E-state index in [1.165, 1.54) is 17.1 Å². The molecule has 9 heteroatoms. The van der Waals surface area contributed by atoms with Crippen LogP contribution < -0.4 is 10.5 Å². The van der Waals surface area contributed by atoms with Crippen molar-refractivity contribution in [1.82, 2.24) is 14.5 Å². The zero-order valence-electron chi connectivity index (χ0n) is 12.6. The fraction of sp³-hybridized carbons (Fsp3) is 0.923. The third-order valence-corrected chi connectivity index (χ3v) is 6.07. The van der Waals surface area contributed by atoms with Crippen LogP contribution >= 0.6 is 12.4 Å². The van der Waals surface area contributed by atoms with Gasteiger partial charge in [0.25, 0.3) is 10.2 Å². The van der Waals surface area contributed by atoms with Crippen LogP contribution in [0.3, 0.4) is 0 Å². The predicted molar refractivity (Wildman–Crippen MR) is 85.8 cm³/mol. The number of nitrogens with zero attached hydrogens (tertiary/aromatic N) is 2. The van der Waals surface area contributed by atoms with Crippen molar-refractivity contribution in [2.45, 2.75) is 44.2 Å². The molecule has 3 N–H and O–H groups in total. The van der Waals surface area contributed by atoms with Crippen LogP contribution in [0.2, 0.25) is 0 Å². The Morgan fingerprint density at radius 2 is 1.64 bits per heavy atom. The number of nitrogens with two attached hydrogens (primary N) is 1. The van der Waals surface area contributed by atoms with Gasteiger partial charge in [0, 0.05) is 44.7 Å². The Hall–Kier alpha value is -0.410. The number of nitrogens with one attached hydrogen (secondary N) is 1. The lowest BCUT2D eigenvalue weighted by molar-refractivity contribution is -0.133. The summed E-state index contributed by atoms with van der Waals surface area (Å²) in [4.78, 5) is 14.1. The maximum Gasteiger partial charge on any atom is 0.277 e. The monoisotopic (exact) mass is 352 g/mol. The molecule has 1 amide bonds. The molecule has 7 nitrogen and oxygen atoms in total. The van der Waals surface area contributed by atoms with E-state index in [0.29, 0.717) is 50.6 Å². The Morgan fingerprint density at radius 1 is 1.09 bits per heavy atom. The Bertz CT molecular complexity index is 495. The lowest BCUT2D eigenvalue weighted by Gasteiger charge is -2.35. The van der Waals surface area contributed by atoms with Crippen molar-refractivity contribution in [3.05, 3.63) is 0 Å². The maximum atomic E-state index is 12.4. The summed E-state index contributed by atoms with van der Waals surface area (Å²) in [6, 6.07) is 1.20. The average molecular weight is 353 g/mol. The molecule has 3 heterocycles. The van der Waals surface area contributed by atoms with Crippen molar-refractivity contribution in [3.8, 4) is 0 Å². The van der Waals surface area contributed by atoms with Gasteiger partial charge >= 0.3 is 0 Å². The van der Waals surface area contributed by atoms with E-state index >= 15 is 0 Å². The molecule has 3 saturated heterocycles. The third-order valence-electron chi connectivity index (χ3n) is 4.99. The minimum atomic E-state index is -3.62. The van der Waals surface area contributed by atoms with Gasteiger partial charge in [-0.05, 0) is 31.6 Å². The Kier molecular flexibility index (Phi) is 5.71. The molecule has 3 aliphatic rings. The molecule has 2 atom stereocenters. The molecule has 22 heavy (non-hydrogen) atoms. The molecule has 0 aromatic heterocycles. The van der Waals surface area contributed by atoms with Crippen LogP contribution in [-0.4, -0.2) is 61.8 Å². The Morgan fingerprint density at radius 3 is 2.14 bits per heavy atom. The summed E-state index contributed by atoms with van der Waals surface area (Å²) in [6.07, 6.45) is 5.27. The van der Waals surface area contributed by atoms with Gasteiger partial charge in [0.05, 0.1) is 0 Å². The fourth-order valence-corrected chi connectivity index (χ4v) is 4.58. The molecule has 0 spiro atoms. The summed E-state index contributed by atoms with van der Waals surface area (Å²) < 4.78 is 23.7. The summed E-state index contributed by atoms with van der Waals surface area (Å²) in [5.74, 6) is 0.642. The molecular weight excluding hydrogens is 328 g/mol. The first-order chi connectivity index (χ1) is 9.91. The molecule has 2 unspecified atom stereocenters. The molecule has 0 saturated carbocycles. The molecule has 0 aliphatic carbocycles. The number of carbonyl (C=O) groups excluding carboxylic acids is 1. The second kappa shape index (κ2) is 7.00. The van der Waals surface area contributed by atoms with Gasteiger partial charge in [0.15, 0.2) is 0 Å². The fourth-order valence-electron chi connectivity index (χ4n) is 3.91. The number of rotatable bonds is 3. The molecule has 3 rings (SSSR count). The van der Waals surface area contributed by atoms with Crippen LogP contribution in [0.5, 0.6) is 0 Å². The molecule has 3 aliphatic heterocycles. The minimum Gasteiger partial charge on any atom is -0.340 e. The largest absolute Gasteiger partial charge is 0.340 e. The number of fused-ring (bicyclic) bond motifs is 2. The van der Waals surface area contributed by atoms with Crippen LogP contribution in [0.1, 0.15) is 32.1 Å². The van der Waals surface area contributed by atoms with Gasteiger partial charge in [-0.15, -0.1) is 12.4 Å². The second-order valence-electron chi connectivity index (χ2n) is 6.50. The van der Waals surface area contributed by atoms with E-state index in [2.05, 4.69) is 5.32 Å². The van der Waals surface area contributed by atoms with Crippen molar-refractivity contribution in [2.75, 3.05) is 26.2 Å². The van der Waals surface area contributed by atoms with E-state index in [-0.39, 0.29) is 18.3 Å². The van der Waals surface area contributed by atoms with E-state index in [4.69, 9.17) is 5.14 Å². The normalized spacial score (nSPS) is 32.6. The number of amides is 1. The van der Waals surface area contributed by atoms with Gasteiger partial charge in [-0.25, -0.2) is 5.14 Å². The van der Waals surface area contributed by atoms with Gasteiger partial charge in [0.1, 0.15) is 0 Å². The molecule has 3 fully saturated rings. The summed E-state index contributed by atoms with van der Waals surface area (Å²) in [5, 5.41) is 8.69. The molecule has 2 bridgehead atoms. The zero-order valence-corrected chi connectivity index (χ0v) is 14.2. The van der Waals surface area contributed by atoms with Gasteiger partial charge in [-0.3, -0.25) is 4.79 Å². The van der Waals surface area contributed by atoms with Crippen LogP contribution in [-0.2, 0) is 15.0 Å². The Balaban J connectivity index is 0.00000176. The highest BCUT2D eigenvalue weighted by atomic mass is 35.5. The predicted octanol–water partition coefficient (Wildman–Crippen LogP) is -0.323. The average Bonchev–Trinajstić information content (AvgIpc) is 2.77. The smallest absolute Gasteiger partial charge is 0.277 e. The lowest BCUT2D eigenvalue weighted by atomic mass is 9.89. The van der Waals surface area contributed by atoms with Crippen LogP contribution in [0.25, 0.3) is 0 Å². The van der Waals surface area contributed by atoms with Gasteiger partial charge in [-0.1, -0.05) is 0 Å².